The quantitative estimate of drug-likeness (QED) is 0.440. The van der Waals surface area contributed by atoms with Crippen molar-refractivity contribution < 1.29 is 4.79 Å². The number of nitrogens with zero attached hydrogens (tertiary/aromatic N) is 5. The Hall–Kier alpha value is -1.54. The second-order valence-corrected chi connectivity index (χ2v) is 8.15. The van der Waals surface area contributed by atoms with Gasteiger partial charge in [0.1, 0.15) is 5.82 Å². The molecule has 2 aromatic heterocycles. The molecule has 3 rings (SSSR count). The van der Waals surface area contributed by atoms with Gasteiger partial charge in [-0.1, -0.05) is 11.8 Å². The molecule has 0 bridgehead atoms. The summed E-state index contributed by atoms with van der Waals surface area (Å²) in [5, 5.41) is 9.13. The van der Waals surface area contributed by atoms with E-state index in [-0.39, 0.29) is 11.8 Å². The molecule has 1 amide bonds. The fourth-order valence-corrected chi connectivity index (χ4v) is 3.40. The van der Waals surface area contributed by atoms with Crippen molar-refractivity contribution in [2.45, 2.75) is 38.4 Å². The van der Waals surface area contributed by atoms with Crippen molar-refractivity contribution in [3.8, 4) is 0 Å². The lowest BCUT2D eigenvalue weighted by atomic mass is 9.95. The van der Waals surface area contributed by atoms with E-state index in [1.807, 2.05) is 31.0 Å². The minimum absolute atomic E-state index is 0.0545. The van der Waals surface area contributed by atoms with Crippen LogP contribution in [0.4, 0.5) is 5.82 Å². The molecule has 1 aliphatic heterocycles. The zero-order valence-electron chi connectivity index (χ0n) is 15.5. The van der Waals surface area contributed by atoms with Crippen molar-refractivity contribution in [1.29, 1.82) is 0 Å². The molecule has 9 heteroatoms. The first-order chi connectivity index (χ1) is 12.5. The summed E-state index contributed by atoms with van der Waals surface area (Å²) >= 11 is 7.38. The standard InChI is InChI=1S/C17H25ClN6OS/c1-17(2,11-18)15(25)19-6-9-24-14-12(10-20-24)13(21-16(22-14)26-3)23-7-4-5-8-23/h10H,4-9,11H2,1-3H3,(H,19,25). The Bertz CT molecular complexity index is 787. The zero-order chi connectivity index (χ0) is 18.7. The molecule has 0 atom stereocenters. The number of halogens is 1. The molecular formula is C17H25ClN6OS. The highest BCUT2D eigenvalue weighted by Crippen LogP contribution is 2.28. The van der Waals surface area contributed by atoms with Crippen molar-refractivity contribution in [3.05, 3.63) is 6.20 Å². The summed E-state index contributed by atoms with van der Waals surface area (Å²) < 4.78 is 1.84. The van der Waals surface area contributed by atoms with Gasteiger partial charge in [-0.15, -0.1) is 11.6 Å². The van der Waals surface area contributed by atoms with Crippen LogP contribution in [-0.4, -0.2) is 57.4 Å². The molecule has 142 valence electrons. The minimum atomic E-state index is -0.579. The number of hydrogen-bond donors (Lipinski definition) is 1. The smallest absolute Gasteiger partial charge is 0.226 e. The van der Waals surface area contributed by atoms with Crippen LogP contribution in [0.15, 0.2) is 11.4 Å². The van der Waals surface area contributed by atoms with E-state index in [1.165, 1.54) is 24.6 Å². The molecule has 2 aromatic rings. The third kappa shape index (κ3) is 3.91. The van der Waals surface area contributed by atoms with E-state index in [0.29, 0.717) is 13.1 Å². The van der Waals surface area contributed by atoms with E-state index in [4.69, 9.17) is 16.6 Å². The Kier molecular flexibility index (Phi) is 5.92. The lowest BCUT2D eigenvalue weighted by molar-refractivity contribution is -0.128. The lowest BCUT2D eigenvalue weighted by Crippen LogP contribution is -2.39. The van der Waals surface area contributed by atoms with E-state index >= 15 is 0 Å². The number of aromatic nitrogens is 4. The Morgan fingerprint density at radius 3 is 2.73 bits per heavy atom. The van der Waals surface area contributed by atoms with E-state index in [1.54, 1.807) is 0 Å². The number of nitrogens with one attached hydrogen (secondary N) is 1. The van der Waals surface area contributed by atoms with Crippen molar-refractivity contribution in [3.63, 3.8) is 0 Å². The van der Waals surface area contributed by atoms with Crippen LogP contribution in [0.25, 0.3) is 11.0 Å². The largest absolute Gasteiger partial charge is 0.356 e. The zero-order valence-corrected chi connectivity index (χ0v) is 17.0. The molecule has 0 spiro atoms. The van der Waals surface area contributed by atoms with Crippen molar-refractivity contribution in [2.75, 3.05) is 36.7 Å². The van der Waals surface area contributed by atoms with Gasteiger partial charge >= 0.3 is 0 Å². The highest BCUT2D eigenvalue weighted by Gasteiger charge is 2.26. The molecular weight excluding hydrogens is 372 g/mol. The monoisotopic (exact) mass is 396 g/mol. The molecule has 1 saturated heterocycles. The number of hydrogen-bond acceptors (Lipinski definition) is 6. The van der Waals surface area contributed by atoms with Crippen LogP contribution in [0.2, 0.25) is 0 Å². The van der Waals surface area contributed by atoms with Crippen LogP contribution >= 0.6 is 23.4 Å². The second-order valence-electron chi connectivity index (χ2n) is 7.11. The maximum atomic E-state index is 12.2. The first-order valence-electron chi connectivity index (χ1n) is 8.83. The summed E-state index contributed by atoms with van der Waals surface area (Å²) in [6.45, 7) is 6.74. The van der Waals surface area contributed by atoms with Gasteiger partial charge in [-0.25, -0.2) is 14.6 Å². The Balaban J connectivity index is 1.79. The van der Waals surface area contributed by atoms with Crippen molar-refractivity contribution in [2.24, 2.45) is 5.41 Å². The number of amides is 1. The Morgan fingerprint density at radius 1 is 1.35 bits per heavy atom. The molecule has 26 heavy (non-hydrogen) atoms. The van der Waals surface area contributed by atoms with Crippen molar-refractivity contribution >= 4 is 46.1 Å². The Labute approximate surface area is 162 Å². The Morgan fingerprint density at radius 2 is 2.08 bits per heavy atom. The van der Waals surface area contributed by atoms with Gasteiger partial charge in [-0.3, -0.25) is 4.79 Å². The summed E-state index contributed by atoms with van der Waals surface area (Å²) in [5.74, 6) is 1.20. The van der Waals surface area contributed by atoms with Crippen LogP contribution in [0.1, 0.15) is 26.7 Å². The normalized spacial score (nSPS) is 15.0. The van der Waals surface area contributed by atoms with Crippen LogP contribution in [0.5, 0.6) is 0 Å². The molecule has 7 nitrogen and oxygen atoms in total. The fraction of sp³-hybridized carbons (Fsp3) is 0.647. The summed E-state index contributed by atoms with van der Waals surface area (Å²) in [7, 11) is 0. The van der Waals surface area contributed by atoms with Gasteiger partial charge < -0.3 is 10.2 Å². The molecule has 1 aliphatic rings. The average molecular weight is 397 g/mol. The predicted octanol–water partition coefficient (Wildman–Crippen LogP) is 2.53. The summed E-state index contributed by atoms with van der Waals surface area (Å²) in [4.78, 5) is 23.8. The molecule has 1 N–H and O–H groups in total. The number of rotatable bonds is 7. The van der Waals surface area contributed by atoms with Crippen LogP contribution in [0, 0.1) is 5.41 Å². The number of carbonyl (C=O) groups excluding carboxylic acids is 1. The number of carbonyl (C=O) groups is 1. The molecule has 0 aromatic carbocycles. The summed E-state index contributed by atoms with van der Waals surface area (Å²) in [5.41, 5.74) is 0.238. The third-order valence-corrected chi connectivity index (χ3v) is 5.82. The first-order valence-corrected chi connectivity index (χ1v) is 10.6. The van der Waals surface area contributed by atoms with E-state index in [0.717, 1.165) is 35.1 Å². The molecule has 0 radical (unpaired) electrons. The number of alkyl halides is 1. The SMILES string of the molecule is CSc1nc(N2CCCC2)c2cnn(CCNC(=O)C(C)(C)CCl)c2n1. The summed E-state index contributed by atoms with van der Waals surface area (Å²) in [6.07, 6.45) is 6.19. The highest BCUT2D eigenvalue weighted by atomic mass is 35.5. The number of thioether (sulfide) groups is 1. The van der Waals surface area contributed by atoms with Gasteiger partial charge in [-0.2, -0.15) is 5.10 Å². The van der Waals surface area contributed by atoms with Crippen molar-refractivity contribution in [1.82, 2.24) is 25.1 Å². The van der Waals surface area contributed by atoms with E-state index in [9.17, 15) is 4.79 Å². The molecule has 1 fully saturated rings. The van der Waals surface area contributed by atoms with Crippen LogP contribution < -0.4 is 10.2 Å². The predicted molar refractivity (Wildman–Crippen MR) is 106 cm³/mol. The van der Waals surface area contributed by atoms with Gasteiger partial charge in [-0.05, 0) is 32.9 Å². The van der Waals surface area contributed by atoms with Crippen LogP contribution in [-0.2, 0) is 11.3 Å². The molecule has 0 unspecified atom stereocenters. The van der Waals surface area contributed by atoms with Gasteiger partial charge in [0.25, 0.3) is 0 Å². The van der Waals surface area contributed by atoms with Gasteiger partial charge in [0.15, 0.2) is 10.8 Å². The second kappa shape index (κ2) is 8.00. The summed E-state index contributed by atoms with van der Waals surface area (Å²) in [6, 6.07) is 0. The first kappa shape index (κ1) is 19.2. The maximum Gasteiger partial charge on any atom is 0.226 e. The van der Waals surface area contributed by atoms with Gasteiger partial charge in [0.05, 0.1) is 23.5 Å². The number of anilines is 1. The lowest BCUT2D eigenvalue weighted by Gasteiger charge is -2.20. The third-order valence-electron chi connectivity index (χ3n) is 4.60. The fourth-order valence-electron chi connectivity index (χ4n) is 2.92. The van der Waals surface area contributed by atoms with Gasteiger partial charge in [0, 0.05) is 25.5 Å². The number of fused-ring (bicyclic) bond motifs is 1. The van der Waals surface area contributed by atoms with Crippen LogP contribution in [0.3, 0.4) is 0 Å². The minimum Gasteiger partial charge on any atom is -0.356 e. The van der Waals surface area contributed by atoms with E-state index in [2.05, 4.69) is 20.3 Å². The topological polar surface area (TPSA) is 75.9 Å². The molecule has 3 heterocycles. The highest BCUT2D eigenvalue weighted by molar-refractivity contribution is 7.98. The average Bonchev–Trinajstić information content (AvgIpc) is 3.31. The maximum absolute atomic E-state index is 12.2. The van der Waals surface area contributed by atoms with E-state index < -0.39 is 5.41 Å². The molecule has 0 saturated carbocycles. The van der Waals surface area contributed by atoms with Gasteiger partial charge in [0.2, 0.25) is 5.91 Å². The molecule has 0 aliphatic carbocycles.